The summed E-state index contributed by atoms with van der Waals surface area (Å²) < 4.78 is 0.799. The van der Waals surface area contributed by atoms with E-state index in [1.165, 1.54) is 24.3 Å². The summed E-state index contributed by atoms with van der Waals surface area (Å²) in [5.74, 6) is -3.65. The monoisotopic (exact) mass is 389 g/mol. The molecule has 0 aliphatic heterocycles. The normalized spacial score (nSPS) is 11.0. The molecular weight excluding hydrogens is 378 g/mol. The van der Waals surface area contributed by atoms with Gasteiger partial charge in [-0.1, -0.05) is 40.2 Å². The number of anilines is 1. The van der Waals surface area contributed by atoms with Gasteiger partial charge in [-0.25, -0.2) is 4.79 Å². The third-order valence-electron chi connectivity index (χ3n) is 3.04. The molecule has 2 aromatic carbocycles. The number of aliphatic hydroxyl groups excluding tert-OH is 1. The lowest BCUT2D eigenvalue weighted by Crippen LogP contribution is -2.22. The van der Waals surface area contributed by atoms with Gasteiger partial charge in [-0.05, 0) is 24.3 Å². The van der Waals surface area contributed by atoms with Crippen molar-refractivity contribution in [2.45, 2.75) is 0 Å². The molecule has 0 aliphatic carbocycles. The molecule has 0 aromatic heterocycles. The van der Waals surface area contributed by atoms with E-state index in [1.807, 2.05) is 0 Å². The number of nitrogens with one attached hydrogen (secondary N) is 1. The molecule has 0 aliphatic rings. The summed E-state index contributed by atoms with van der Waals surface area (Å²) in [7, 11) is 0. The van der Waals surface area contributed by atoms with Gasteiger partial charge in [0.1, 0.15) is 5.76 Å². The molecule has 6 nitrogen and oxygen atoms in total. The number of rotatable bonds is 5. The van der Waals surface area contributed by atoms with Gasteiger partial charge in [0.25, 0.3) is 5.91 Å². The molecule has 0 atom stereocenters. The van der Waals surface area contributed by atoms with Crippen molar-refractivity contribution in [3.05, 3.63) is 70.2 Å². The van der Waals surface area contributed by atoms with Gasteiger partial charge in [0.05, 0.1) is 11.3 Å². The third kappa shape index (κ3) is 4.30. The molecule has 122 valence electrons. The summed E-state index contributed by atoms with van der Waals surface area (Å²) in [5.41, 5.74) is 0.227. The van der Waals surface area contributed by atoms with Crippen molar-refractivity contribution in [3.63, 3.8) is 0 Å². The number of carboxylic acid groups (broad SMARTS) is 1. The van der Waals surface area contributed by atoms with E-state index in [0.29, 0.717) is 5.56 Å². The number of carbonyl (C=O) groups excluding carboxylic acids is 2. The highest BCUT2D eigenvalue weighted by Gasteiger charge is 2.17. The predicted octanol–water partition coefficient (Wildman–Crippen LogP) is 3.25. The van der Waals surface area contributed by atoms with Crippen molar-refractivity contribution in [1.29, 1.82) is 0 Å². The quantitative estimate of drug-likeness (QED) is 0.413. The molecule has 2 rings (SSSR count). The standard InChI is InChI=1S/C17H12BrNO5/c18-11-7-5-10(6-8-11)14(20)9-15(21)16(22)19-13-4-2-1-3-12(13)17(23)24/h1-9,20H,(H,19,22)(H,23,24)/b14-9-. The second kappa shape index (κ2) is 7.56. The molecule has 1 amide bonds. The van der Waals surface area contributed by atoms with E-state index in [4.69, 9.17) is 5.11 Å². The smallest absolute Gasteiger partial charge is 0.337 e. The maximum absolute atomic E-state index is 11.9. The lowest BCUT2D eigenvalue weighted by Gasteiger charge is -2.06. The lowest BCUT2D eigenvalue weighted by molar-refractivity contribution is -0.131. The minimum absolute atomic E-state index is 0.000110. The van der Waals surface area contributed by atoms with Crippen LogP contribution in [-0.2, 0) is 9.59 Å². The number of aromatic carboxylic acids is 1. The van der Waals surface area contributed by atoms with E-state index in [-0.39, 0.29) is 17.0 Å². The number of amides is 1. The molecule has 0 saturated heterocycles. The SMILES string of the molecule is O=C(/C=C(\O)c1ccc(Br)cc1)C(=O)Nc1ccccc1C(=O)O. The topological polar surface area (TPSA) is 104 Å². The molecule has 24 heavy (non-hydrogen) atoms. The third-order valence-corrected chi connectivity index (χ3v) is 3.57. The molecule has 0 spiro atoms. The average Bonchev–Trinajstić information content (AvgIpc) is 2.55. The highest BCUT2D eigenvalue weighted by atomic mass is 79.9. The van der Waals surface area contributed by atoms with E-state index >= 15 is 0 Å². The maximum atomic E-state index is 11.9. The largest absolute Gasteiger partial charge is 0.507 e. The maximum Gasteiger partial charge on any atom is 0.337 e. The first kappa shape index (κ1) is 17.4. The zero-order chi connectivity index (χ0) is 17.7. The van der Waals surface area contributed by atoms with Gasteiger partial charge < -0.3 is 15.5 Å². The Morgan fingerprint density at radius 3 is 2.21 bits per heavy atom. The Balaban J connectivity index is 2.15. The summed E-state index contributed by atoms with van der Waals surface area (Å²) in [6.45, 7) is 0. The van der Waals surface area contributed by atoms with Crippen LogP contribution in [0.2, 0.25) is 0 Å². The number of hydrogen-bond acceptors (Lipinski definition) is 4. The number of carbonyl (C=O) groups is 3. The Labute approximate surface area is 145 Å². The second-order valence-electron chi connectivity index (χ2n) is 4.71. The predicted molar refractivity (Wildman–Crippen MR) is 91.8 cm³/mol. The molecule has 0 radical (unpaired) electrons. The Kier molecular flexibility index (Phi) is 5.49. The zero-order valence-corrected chi connectivity index (χ0v) is 13.8. The van der Waals surface area contributed by atoms with Crippen molar-refractivity contribution in [3.8, 4) is 0 Å². The van der Waals surface area contributed by atoms with Crippen LogP contribution in [0.15, 0.2) is 59.1 Å². The summed E-state index contributed by atoms with van der Waals surface area (Å²) in [5, 5.41) is 21.2. The van der Waals surface area contributed by atoms with Gasteiger partial charge in [-0.15, -0.1) is 0 Å². The lowest BCUT2D eigenvalue weighted by atomic mass is 10.1. The average molecular weight is 390 g/mol. The number of benzene rings is 2. The van der Waals surface area contributed by atoms with Crippen LogP contribution < -0.4 is 5.32 Å². The number of hydrogen-bond donors (Lipinski definition) is 3. The van der Waals surface area contributed by atoms with Crippen LogP contribution >= 0.6 is 15.9 Å². The zero-order valence-electron chi connectivity index (χ0n) is 12.2. The Morgan fingerprint density at radius 2 is 1.58 bits per heavy atom. The van der Waals surface area contributed by atoms with E-state index in [2.05, 4.69) is 21.2 Å². The molecule has 7 heteroatoms. The minimum atomic E-state index is -1.23. The van der Waals surface area contributed by atoms with Crippen molar-refractivity contribution in [1.82, 2.24) is 0 Å². The summed E-state index contributed by atoms with van der Waals surface area (Å²) >= 11 is 3.24. The first-order chi connectivity index (χ1) is 11.4. The molecule has 3 N–H and O–H groups in total. The highest BCUT2D eigenvalue weighted by molar-refractivity contribution is 9.10. The first-order valence-corrected chi connectivity index (χ1v) is 7.52. The van der Waals surface area contributed by atoms with Crippen LogP contribution in [0.1, 0.15) is 15.9 Å². The van der Waals surface area contributed by atoms with Crippen molar-refractivity contribution in [2.24, 2.45) is 0 Å². The van der Waals surface area contributed by atoms with Crippen molar-refractivity contribution in [2.75, 3.05) is 5.32 Å². The minimum Gasteiger partial charge on any atom is -0.507 e. The molecule has 0 bridgehead atoms. The van der Waals surface area contributed by atoms with E-state index in [9.17, 15) is 19.5 Å². The fraction of sp³-hybridized carbons (Fsp3) is 0. The van der Waals surface area contributed by atoms with Gasteiger partial charge >= 0.3 is 5.97 Å². The number of ketones is 1. The summed E-state index contributed by atoms with van der Waals surface area (Å²) in [4.78, 5) is 34.8. The highest BCUT2D eigenvalue weighted by Crippen LogP contribution is 2.17. The van der Waals surface area contributed by atoms with Gasteiger partial charge in [-0.2, -0.15) is 0 Å². The second-order valence-corrected chi connectivity index (χ2v) is 5.62. The van der Waals surface area contributed by atoms with Gasteiger partial charge in [0, 0.05) is 16.1 Å². The fourth-order valence-electron chi connectivity index (χ4n) is 1.86. The van der Waals surface area contributed by atoms with Crippen LogP contribution in [0.3, 0.4) is 0 Å². The molecule has 2 aromatic rings. The van der Waals surface area contributed by atoms with Gasteiger partial charge in [0.15, 0.2) is 0 Å². The number of halogens is 1. The summed E-state index contributed by atoms with van der Waals surface area (Å²) in [6.07, 6.45) is 0.780. The van der Waals surface area contributed by atoms with Crippen LogP contribution in [-0.4, -0.2) is 27.9 Å². The number of aliphatic hydroxyl groups is 1. The fourth-order valence-corrected chi connectivity index (χ4v) is 2.12. The number of carboxylic acids is 1. The molecule has 0 saturated carbocycles. The van der Waals surface area contributed by atoms with E-state index in [1.54, 1.807) is 24.3 Å². The molecule has 0 fully saturated rings. The Morgan fingerprint density at radius 1 is 0.958 bits per heavy atom. The van der Waals surface area contributed by atoms with Crippen molar-refractivity contribution < 1.29 is 24.6 Å². The molecular formula is C17H12BrNO5. The van der Waals surface area contributed by atoms with Crippen LogP contribution in [0.4, 0.5) is 5.69 Å². The van der Waals surface area contributed by atoms with Gasteiger partial charge in [-0.3, -0.25) is 9.59 Å². The van der Waals surface area contributed by atoms with Crippen LogP contribution in [0, 0.1) is 0 Å². The van der Waals surface area contributed by atoms with Crippen LogP contribution in [0.5, 0.6) is 0 Å². The van der Waals surface area contributed by atoms with Gasteiger partial charge in [0.2, 0.25) is 5.78 Å². The first-order valence-electron chi connectivity index (χ1n) is 6.72. The Bertz CT molecular complexity index is 827. The van der Waals surface area contributed by atoms with E-state index < -0.39 is 17.7 Å². The number of para-hydroxylation sites is 1. The molecule has 0 heterocycles. The Hall–Kier alpha value is -2.93. The van der Waals surface area contributed by atoms with Crippen molar-refractivity contribution >= 4 is 45.0 Å². The molecule has 0 unspecified atom stereocenters. The van der Waals surface area contributed by atoms with Crippen LogP contribution in [0.25, 0.3) is 5.76 Å². The van der Waals surface area contributed by atoms with E-state index in [0.717, 1.165) is 10.5 Å². The summed E-state index contributed by atoms with van der Waals surface area (Å²) in [6, 6.07) is 12.2.